The number of alkyl halides is 9. The molecular formula is C41H27F9IrN7O2-5. The number of ether oxygens (including phenoxy) is 2. The Labute approximate surface area is 350 Å². The summed E-state index contributed by atoms with van der Waals surface area (Å²) in [6, 6.07) is 27.1. The summed E-state index contributed by atoms with van der Waals surface area (Å²) in [6.07, 6.45) is -13.5. The second-order valence-electron chi connectivity index (χ2n) is 12.9. The van der Waals surface area contributed by atoms with Crippen molar-refractivity contribution in [2.45, 2.75) is 32.4 Å². The quantitative estimate of drug-likeness (QED) is 0.130. The van der Waals surface area contributed by atoms with Gasteiger partial charge in [-0.2, -0.15) is 82.1 Å². The molecule has 2 aliphatic rings. The van der Waals surface area contributed by atoms with Crippen molar-refractivity contribution in [3.05, 3.63) is 151 Å². The van der Waals surface area contributed by atoms with Crippen molar-refractivity contribution < 1.29 is 69.1 Å². The fourth-order valence-corrected chi connectivity index (χ4v) is 5.67. The Balaban J connectivity index is 0.000000199. The number of hydrogen-bond donors (Lipinski definition) is 1. The molecule has 3 aromatic carbocycles. The van der Waals surface area contributed by atoms with Gasteiger partial charge >= 0.3 is 18.5 Å². The van der Waals surface area contributed by atoms with Crippen LogP contribution in [0.5, 0.6) is 23.3 Å². The van der Waals surface area contributed by atoms with Crippen LogP contribution >= 0.6 is 0 Å². The van der Waals surface area contributed by atoms with E-state index in [1.807, 2.05) is 50.1 Å². The Bertz CT molecular complexity index is 2390. The molecule has 0 saturated heterocycles. The van der Waals surface area contributed by atoms with E-state index in [0.717, 1.165) is 65.6 Å². The van der Waals surface area contributed by atoms with Crippen LogP contribution in [0.25, 0.3) is 0 Å². The van der Waals surface area contributed by atoms with Crippen LogP contribution in [0, 0.1) is 45.4 Å². The van der Waals surface area contributed by atoms with Gasteiger partial charge in [-0.05, 0) is 45.2 Å². The average Bonchev–Trinajstić information content (AvgIpc) is 3.74. The number of anilines is 6. The van der Waals surface area contributed by atoms with Crippen molar-refractivity contribution in [1.82, 2.24) is 15.0 Å². The van der Waals surface area contributed by atoms with Gasteiger partial charge in [0.2, 0.25) is 11.8 Å². The number of nitrogens with zero attached hydrogens (tertiary/aromatic N) is 6. The van der Waals surface area contributed by atoms with E-state index in [-0.39, 0.29) is 54.7 Å². The number of aromatic nitrogens is 3. The van der Waals surface area contributed by atoms with E-state index in [4.69, 9.17) is 9.47 Å². The molecule has 0 saturated carbocycles. The Morgan fingerprint density at radius 3 is 1.65 bits per heavy atom. The molecule has 0 atom stereocenters. The number of fused-ring (bicyclic) bond motifs is 2. The molecule has 0 aliphatic carbocycles. The van der Waals surface area contributed by atoms with Crippen LogP contribution in [0.1, 0.15) is 28.1 Å². The summed E-state index contributed by atoms with van der Waals surface area (Å²) in [6.45, 7) is 6.96. The summed E-state index contributed by atoms with van der Waals surface area (Å²) in [4.78, 5) is 18.0. The molecule has 0 amide bonds. The van der Waals surface area contributed by atoms with Crippen LogP contribution in [-0.4, -0.2) is 22.0 Å². The van der Waals surface area contributed by atoms with Crippen LogP contribution in [0.4, 0.5) is 73.9 Å². The monoisotopic (exact) mass is 1010 g/mol. The molecule has 1 radical (unpaired) electrons. The number of benzene rings is 3. The second-order valence-corrected chi connectivity index (χ2v) is 12.9. The summed E-state index contributed by atoms with van der Waals surface area (Å²) < 4.78 is 127. The second kappa shape index (κ2) is 16.9. The fourth-order valence-electron chi connectivity index (χ4n) is 5.67. The van der Waals surface area contributed by atoms with Gasteiger partial charge in [0.1, 0.15) is 11.6 Å². The Hall–Kier alpha value is -6.07. The Morgan fingerprint density at radius 1 is 0.617 bits per heavy atom. The molecule has 2 aliphatic heterocycles. The minimum atomic E-state index is -4.52. The largest absolute Gasteiger partial charge is 0.513 e. The maximum Gasteiger partial charge on any atom is 0.394 e. The van der Waals surface area contributed by atoms with E-state index < -0.39 is 35.2 Å². The van der Waals surface area contributed by atoms with Gasteiger partial charge in [0, 0.05) is 66.5 Å². The number of nitrogens with one attached hydrogen (secondary N) is 1. The van der Waals surface area contributed by atoms with Crippen LogP contribution in [-0.2, 0) is 38.6 Å². The van der Waals surface area contributed by atoms with Gasteiger partial charge in [-0.25, -0.2) is 9.97 Å². The minimum absolute atomic E-state index is 0. The van der Waals surface area contributed by atoms with Gasteiger partial charge in [-0.1, -0.05) is 22.8 Å². The number of halogens is 9. The number of hydrogen-bond acceptors (Lipinski definition) is 9. The molecule has 0 fully saturated rings. The van der Waals surface area contributed by atoms with Crippen molar-refractivity contribution in [1.29, 1.82) is 0 Å². The molecule has 1 N–H and O–H groups in total. The molecule has 8 rings (SSSR count). The van der Waals surface area contributed by atoms with E-state index in [0.29, 0.717) is 17.3 Å². The molecule has 9 nitrogen and oxygen atoms in total. The minimum Gasteiger partial charge on any atom is -0.513 e. The van der Waals surface area contributed by atoms with Gasteiger partial charge in [0.15, 0.2) is 0 Å². The zero-order valence-electron chi connectivity index (χ0n) is 31.0. The summed E-state index contributed by atoms with van der Waals surface area (Å²) in [5.74, 6) is 1.08. The van der Waals surface area contributed by atoms with Crippen molar-refractivity contribution >= 4 is 34.4 Å². The van der Waals surface area contributed by atoms with Crippen molar-refractivity contribution in [3.8, 4) is 23.3 Å². The van der Waals surface area contributed by atoms with Gasteiger partial charge in [0.05, 0.1) is 0 Å². The number of aryl methyl sites for hydroxylation is 2. The third-order valence-electron chi connectivity index (χ3n) is 8.52. The summed E-state index contributed by atoms with van der Waals surface area (Å²) >= 11 is 0. The standard InChI is InChI=1S/C22H18F3N6.C19H9F6NO2.Ir/c1-13-4-6-18-20(27-13)30(11-26-18)16-8-15(22(23,24)25)9-17(10-16)31-12-29(3)19-7-5-14(2)28-21(19)31;20-18(21,22)12-4-8-14(9-5-12)27-16-2-1-3-17(26-16)28-15-10-6-13(7-11-15)19(23,24)25;/h4-9,11-12,26H,1-3H3;1-8,10H;/q-3;-2;. The zero-order valence-corrected chi connectivity index (χ0v) is 33.4. The SMILES string of the molecule is Cc1ccc2c(n1)N(c1[c-]c(N3[CH-]N(C)c4ccc(C)nc43)cc(C(F)(F)F)c1)[CH-]N2.FC(F)(F)c1c[c-]c(Oc2cccc(Oc3[c-]cc(C(F)(F)F)cc3)n2)cc1.[Ir]. The first-order valence-corrected chi connectivity index (χ1v) is 17.2. The van der Waals surface area contributed by atoms with Crippen LogP contribution in [0.2, 0.25) is 0 Å². The van der Waals surface area contributed by atoms with Crippen LogP contribution in [0.3, 0.4) is 0 Å². The Morgan fingerprint density at radius 2 is 1.13 bits per heavy atom. The van der Waals surface area contributed by atoms with Crippen molar-refractivity contribution in [2.75, 3.05) is 27.1 Å². The first kappa shape index (κ1) is 43.5. The third-order valence-corrected chi connectivity index (χ3v) is 8.52. The van der Waals surface area contributed by atoms with E-state index in [1.165, 1.54) is 18.2 Å². The van der Waals surface area contributed by atoms with Crippen molar-refractivity contribution in [2.24, 2.45) is 0 Å². The van der Waals surface area contributed by atoms with Gasteiger partial charge in [-0.3, -0.25) is 0 Å². The molecule has 3 aromatic heterocycles. The maximum atomic E-state index is 13.8. The predicted molar refractivity (Wildman–Crippen MR) is 198 cm³/mol. The van der Waals surface area contributed by atoms with Crippen molar-refractivity contribution in [3.63, 3.8) is 0 Å². The van der Waals surface area contributed by atoms with E-state index in [1.54, 1.807) is 23.1 Å². The van der Waals surface area contributed by atoms with Gasteiger partial charge in [-0.15, -0.1) is 53.8 Å². The molecule has 19 heteroatoms. The average molecular weight is 1010 g/mol. The summed E-state index contributed by atoms with van der Waals surface area (Å²) in [7, 11) is 1.82. The van der Waals surface area contributed by atoms with Gasteiger partial charge in [0.25, 0.3) is 0 Å². The first-order chi connectivity index (χ1) is 27.8. The fraction of sp³-hybridized carbons (Fsp3) is 0.146. The van der Waals surface area contributed by atoms with Crippen LogP contribution < -0.4 is 29.5 Å². The molecule has 60 heavy (non-hydrogen) atoms. The number of pyridine rings is 3. The van der Waals surface area contributed by atoms with Crippen LogP contribution in [0.15, 0.2) is 91.0 Å². The third kappa shape index (κ3) is 9.85. The normalized spacial score (nSPS) is 13.4. The maximum absolute atomic E-state index is 13.8. The Kier molecular flexibility index (Phi) is 12.2. The van der Waals surface area contributed by atoms with E-state index >= 15 is 0 Å². The molecule has 315 valence electrons. The van der Waals surface area contributed by atoms with E-state index in [9.17, 15) is 39.5 Å². The number of rotatable bonds is 6. The van der Waals surface area contributed by atoms with E-state index in [2.05, 4.69) is 38.5 Å². The van der Waals surface area contributed by atoms with Gasteiger partial charge < -0.3 is 29.5 Å². The first-order valence-electron chi connectivity index (χ1n) is 17.2. The molecule has 5 heterocycles. The smallest absolute Gasteiger partial charge is 0.394 e. The summed E-state index contributed by atoms with van der Waals surface area (Å²) in [5, 5.41) is 3.05. The molecule has 0 bridgehead atoms. The molecule has 6 aromatic rings. The molecule has 0 unspecified atom stereocenters. The zero-order chi connectivity index (χ0) is 42.3. The molecule has 0 spiro atoms. The summed E-state index contributed by atoms with van der Waals surface area (Å²) in [5.41, 5.74) is 0.993. The topological polar surface area (TPSA) is 78.9 Å². The predicted octanol–water partition coefficient (Wildman–Crippen LogP) is 11.6. The molecular weight excluding hydrogens is 986 g/mol.